The van der Waals surface area contributed by atoms with Gasteiger partial charge in [-0.15, -0.1) is 0 Å². The van der Waals surface area contributed by atoms with E-state index in [-0.39, 0.29) is 25.6 Å². The van der Waals surface area contributed by atoms with Crippen LogP contribution in [0.25, 0.3) is 0 Å². The van der Waals surface area contributed by atoms with Crippen LogP contribution in [0.1, 0.15) is 232 Å². The summed E-state index contributed by atoms with van der Waals surface area (Å²) < 4.78 is 34.5. The number of rotatable bonds is 52. The second-order valence-electron chi connectivity index (χ2n) is 22.2. The zero-order valence-electron chi connectivity index (χ0n) is 50.5. The van der Waals surface area contributed by atoms with Crippen LogP contribution in [0.4, 0.5) is 0 Å². The van der Waals surface area contributed by atoms with E-state index in [4.69, 9.17) is 28.4 Å². The van der Waals surface area contributed by atoms with Gasteiger partial charge in [-0.05, 0) is 89.9 Å². The number of esters is 1. The lowest BCUT2D eigenvalue weighted by atomic mass is 9.98. The molecule has 11 atom stereocenters. The summed E-state index contributed by atoms with van der Waals surface area (Å²) in [7, 11) is 0. The van der Waals surface area contributed by atoms with Gasteiger partial charge in [0.15, 0.2) is 12.6 Å². The lowest BCUT2D eigenvalue weighted by Crippen LogP contribution is -2.61. The highest BCUT2D eigenvalue weighted by Crippen LogP contribution is 2.27. The molecular formula is C67H116O14. The fourth-order valence-electron chi connectivity index (χ4n) is 9.76. The van der Waals surface area contributed by atoms with Crippen molar-refractivity contribution in [3.8, 4) is 0 Å². The number of allylic oxidation sites excluding steroid dienone is 14. The molecule has 11 unspecified atom stereocenters. The van der Waals surface area contributed by atoms with Gasteiger partial charge >= 0.3 is 5.97 Å². The Bertz CT molecular complexity index is 1660. The van der Waals surface area contributed by atoms with Crippen LogP contribution in [0.5, 0.6) is 0 Å². The van der Waals surface area contributed by atoms with Crippen molar-refractivity contribution < 1.29 is 69.0 Å². The van der Waals surface area contributed by atoms with E-state index in [2.05, 4.69) is 98.9 Å². The van der Waals surface area contributed by atoms with Gasteiger partial charge in [0.25, 0.3) is 0 Å². The second kappa shape index (κ2) is 52.7. The van der Waals surface area contributed by atoms with Crippen molar-refractivity contribution >= 4 is 5.97 Å². The maximum atomic E-state index is 13.1. The maximum Gasteiger partial charge on any atom is 0.306 e. The Morgan fingerprint density at radius 3 is 1.26 bits per heavy atom. The number of unbranched alkanes of at least 4 members (excludes halogenated alkanes) is 24. The summed E-state index contributed by atoms with van der Waals surface area (Å²) in [5, 5.41) is 72.5. The average Bonchev–Trinajstić information content (AvgIpc) is 3.46. The highest BCUT2D eigenvalue weighted by molar-refractivity contribution is 5.69. The molecule has 2 aliphatic heterocycles. The van der Waals surface area contributed by atoms with Gasteiger partial charge in [0, 0.05) is 13.0 Å². The van der Waals surface area contributed by atoms with Crippen molar-refractivity contribution in [2.45, 2.75) is 300 Å². The summed E-state index contributed by atoms with van der Waals surface area (Å²) in [4.78, 5) is 13.1. The molecule has 2 aliphatic rings. The number of aliphatic hydroxyl groups is 7. The smallest absolute Gasteiger partial charge is 0.306 e. The van der Waals surface area contributed by atoms with Gasteiger partial charge in [-0.25, -0.2) is 0 Å². The molecule has 0 aromatic rings. The summed E-state index contributed by atoms with van der Waals surface area (Å²) in [6.07, 6.45) is 53.5. The predicted molar refractivity (Wildman–Crippen MR) is 325 cm³/mol. The van der Waals surface area contributed by atoms with E-state index in [1.54, 1.807) is 0 Å². The quantitative estimate of drug-likeness (QED) is 0.0172. The van der Waals surface area contributed by atoms with Gasteiger partial charge in [0.1, 0.15) is 54.9 Å². The molecule has 0 bridgehead atoms. The summed E-state index contributed by atoms with van der Waals surface area (Å²) >= 11 is 0. The molecule has 0 amide bonds. The Labute approximate surface area is 490 Å². The molecule has 468 valence electrons. The Balaban J connectivity index is 1.68. The Kier molecular flexibility index (Phi) is 48.3. The van der Waals surface area contributed by atoms with Crippen molar-refractivity contribution in [1.29, 1.82) is 0 Å². The van der Waals surface area contributed by atoms with E-state index < -0.39 is 80.7 Å². The van der Waals surface area contributed by atoms with Crippen LogP contribution in [-0.4, -0.2) is 142 Å². The summed E-state index contributed by atoms with van der Waals surface area (Å²) in [5.74, 6) is -0.383. The van der Waals surface area contributed by atoms with E-state index in [9.17, 15) is 40.5 Å². The molecule has 0 saturated carbocycles. The normalized spacial score (nSPS) is 24.3. The molecule has 0 spiro atoms. The Hall–Kier alpha value is -2.83. The van der Waals surface area contributed by atoms with Crippen molar-refractivity contribution in [2.24, 2.45) is 0 Å². The molecule has 0 aromatic heterocycles. The lowest BCUT2D eigenvalue weighted by Gasteiger charge is -2.42. The molecular weight excluding hydrogens is 1030 g/mol. The number of carbonyl (C=O) groups excluding carboxylic acids is 1. The van der Waals surface area contributed by atoms with Gasteiger partial charge in [0.05, 0.1) is 26.4 Å². The van der Waals surface area contributed by atoms with Gasteiger partial charge < -0.3 is 64.2 Å². The summed E-state index contributed by atoms with van der Waals surface area (Å²) in [5.41, 5.74) is 0. The molecule has 14 heteroatoms. The number of ether oxygens (including phenoxy) is 6. The van der Waals surface area contributed by atoms with E-state index >= 15 is 0 Å². The van der Waals surface area contributed by atoms with Crippen molar-refractivity contribution in [2.75, 3.05) is 33.0 Å². The fraction of sp³-hybridized carbons (Fsp3) is 0.776. The second-order valence-corrected chi connectivity index (χ2v) is 22.2. The Morgan fingerprint density at radius 1 is 0.420 bits per heavy atom. The summed E-state index contributed by atoms with van der Waals surface area (Å²) in [6.45, 7) is 3.56. The van der Waals surface area contributed by atoms with Crippen LogP contribution < -0.4 is 0 Å². The molecule has 0 aliphatic carbocycles. The number of hydrogen-bond acceptors (Lipinski definition) is 14. The molecule has 81 heavy (non-hydrogen) atoms. The molecule has 0 radical (unpaired) electrons. The molecule has 14 nitrogen and oxygen atoms in total. The number of carbonyl (C=O) groups is 1. The zero-order valence-corrected chi connectivity index (χ0v) is 50.5. The maximum absolute atomic E-state index is 13.1. The van der Waals surface area contributed by atoms with Crippen molar-refractivity contribution in [3.63, 3.8) is 0 Å². The molecule has 2 rings (SSSR count). The third kappa shape index (κ3) is 38.7. The van der Waals surface area contributed by atoms with Crippen LogP contribution in [0.2, 0.25) is 0 Å². The minimum absolute atomic E-state index is 0.0506. The SMILES string of the molecule is CC/C=C\C/C=C\C/C=C\C/C=C\CCCCCCCCCCCCCCC(=O)OC(COCCCCCCCCC/C=C\C/C=C\C/C=C\CCCCCCC)COC1OC(COC2OC(CO)C(O)C(O)C2O)C(O)C(O)C1O. The largest absolute Gasteiger partial charge is 0.457 e. The minimum Gasteiger partial charge on any atom is -0.457 e. The average molecular weight is 1150 g/mol. The highest BCUT2D eigenvalue weighted by Gasteiger charge is 2.47. The lowest BCUT2D eigenvalue weighted by molar-refractivity contribution is -0.332. The topological polar surface area (TPSA) is 214 Å². The van der Waals surface area contributed by atoms with Crippen LogP contribution in [0.3, 0.4) is 0 Å². The van der Waals surface area contributed by atoms with E-state index in [0.717, 1.165) is 89.9 Å². The number of aliphatic hydroxyl groups excluding tert-OH is 7. The molecule has 2 fully saturated rings. The number of hydrogen-bond donors (Lipinski definition) is 7. The molecule has 7 N–H and O–H groups in total. The minimum atomic E-state index is -1.71. The van der Waals surface area contributed by atoms with Crippen LogP contribution in [-0.2, 0) is 33.2 Å². The standard InChI is InChI=1S/C67H116O14/c1-3-5-7-9-11-13-15-17-19-21-23-25-27-28-29-30-32-34-36-38-40-42-44-46-48-50-59(69)79-56(53-76-51-49-47-45-43-41-39-37-35-33-31-26-24-22-20-18-16-14-12-10-8-6-4-2)54-77-66-65(75)63(73)61(71)58(81-66)55-78-67-64(74)62(72)60(70)57(52-68)80-67/h5,7,11,13,16-19,22-25,31,33,56-58,60-68,70-75H,3-4,6,8-10,12,14-15,20-21,26-30,32,34-55H2,1-2H3/b7-5-,13-11-,18-16-,19-17-,24-22-,25-23-,33-31-. The molecule has 2 saturated heterocycles. The Morgan fingerprint density at radius 2 is 0.802 bits per heavy atom. The van der Waals surface area contributed by atoms with Crippen LogP contribution >= 0.6 is 0 Å². The van der Waals surface area contributed by atoms with E-state index in [0.29, 0.717) is 13.0 Å². The zero-order chi connectivity index (χ0) is 58.6. The first-order chi connectivity index (χ1) is 39.6. The monoisotopic (exact) mass is 1140 g/mol. The van der Waals surface area contributed by atoms with E-state index in [1.165, 1.54) is 116 Å². The fourth-order valence-corrected chi connectivity index (χ4v) is 9.76. The van der Waals surface area contributed by atoms with E-state index in [1.807, 2.05) is 0 Å². The highest BCUT2D eigenvalue weighted by atomic mass is 16.7. The molecule has 2 heterocycles. The van der Waals surface area contributed by atoms with Crippen LogP contribution in [0.15, 0.2) is 85.1 Å². The van der Waals surface area contributed by atoms with Gasteiger partial charge in [-0.1, -0.05) is 221 Å². The van der Waals surface area contributed by atoms with Gasteiger partial charge in [-0.2, -0.15) is 0 Å². The van der Waals surface area contributed by atoms with Crippen molar-refractivity contribution in [1.82, 2.24) is 0 Å². The summed E-state index contributed by atoms with van der Waals surface area (Å²) in [6, 6.07) is 0. The third-order valence-electron chi connectivity index (χ3n) is 14.9. The van der Waals surface area contributed by atoms with Gasteiger partial charge in [-0.3, -0.25) is 4.79 Å². The third-order valence-corrected chi connectivity index (χ3v) is 14.9. The first kappa shape index (κ1) is 74.3. The molecule has 0 aromatic carbocycles. The first-order valence-corrected chi connectivity index (χ1v) is 32.2. The van der Waals surface area contributed by atoms with Crippen molar-refractivity contribution in [3.05, 3.63) is 85.1 Å². The first-order valence-electron chi connectivity index (χ1n) is 32.2. The predicted octanol–water partition coefficient (Wildman–Crippen LogP) is 12.8. The van der Waals surface area contributed by atoms with Crippen LogP contribution in [0, 0.1) is 0 Å². The van der Waals surface area contributed by atoms with Gasteiger partial charge in [0.2, 0.25) is 0 Å².